The van der Waals surface area contributed by atoms with Crippen molar-refractivity contribution < 1.29 is 56.3 Å². The van der Waals surface area contributed by atoms with Crippen LogP contribution in [0.3, 0.4) is 0 Å². The van der Waals surface area contributed by atoms with E-state index in [9.17, 15) is 28.5 Å². The molecule has 3 atom stereocenters. The Labute approximate surface area is 254 Å². The highest BCUT2D eigenvalue weighted by molar-refractivity contribution is 8.13. The van der Waals surface area contributed by atoms with E-state index in [4.69, 9.17) is 23.0 Å². The number of thioether (sulfide) groups is 1. The summed E-state index contributed by atoms with van der Waals surface area (Å²) in [6, 6.07) is 7.62. The standard InChI is InChI=1S/C27H39N2O12PS/c1-26(2,3)24(33)43-15-19(23(32)37-14-18-10-8-7-9-11-18)29-25(34)38-17-40-42(35)39-16-27(4,5)21(41-42)22(31)28-13-12-20(30)36-6/h7-11,19,21H,12-17H2,1-6H3,(H,28,31)(H,29,34)/t19?,21-,42+/m0/s1. The molecule has 2 amide bonds. The molecular weight excluding hydrogens is 607 g/mol. The number of nitrogens with one attached hydrogen (secondary N) is 2. The lowest BCUT2D eigenvalue weighted by atomic mass is 9.87. The zero-order valence-corrected chi connectivity index (χ0v) is 26.7. The highest BCUT2D eigenvalue weighted by Crippen LogP contribution is 2.57. The summed E-state index contributed by atoms with van der Waals surface area (Å²) >= 11 is 0.851. The third-order valence-corrected chi connectivity index (χ3v) is 8.54. The predicted octanol–water partition coefficient (Wildman–Crippen LogP) is 3.33. The van der Waals surface area contributed by atoms with Crippen molar-refractivity contribution in [2.24, 2.45) is 10.8 Å². The minimum absolute atomic E-state index is 0.0364. The van der Waals surface area contributed by atoms with Gasteiger partial charge in [0.05, 0.1) is 20.1 Å². The maximum absolute atomic E-state index is 13.0. The monoisotopic (exact) mass is 646 g/mol. The first-order valence-electron chi connectivity index (χ1n) is 13.3. The maximum Gasteiger partial charge on any atom is 0.478 e. The van der Waals surface area contributed by atoms with Gasteiger partial charge in [0, 0.05) is 23.1 Å². The average Bonchev–Trinajstić information content (AvgIpc) is 2.95. The molecule has 0 radical (unpaired) electrons. The number of phosphoric ester groups is 1. The van der Waals surface area contributed by atoms with Crippen LogP contribution in [0.5, 0.6) is 0 Å². The minimum atomic E-state index is -4.36. The smallest absolute Gasteiger partial charge is 0.469 e. The molecule has 2 N–H and O–H groups in total. The zero-order chi connectivity index (χ0) is 32.3. The van der Waals surface area contributed by atoms with Gasteiger partial charge in [0.1, 0.15) is 12.6 Å². The first kappa shape index (κ1) is 36.2. The SMILES string of the molecule is COC(=O)CCNC(=O)[C@@H]1O[P@@](=O)(OCOC(=O)NC(CSC(=O)C(C)(C)C)C(=O)OCc2ccccc2)OCC1(C)C. The molecule has 0 aliphatic carbocycles. The highest BCUT2D eigenvalue weighted by atomic mass is 32.2. The van der Waals surface area contributed by atoms with Crippen LogP contribution < -0.4 is 10.6 Å². The number of alkyl carbamates (subject to hydrolysis) is 1. The highest BCUT2D eigenvalue weighted by Gasteiger charge is 2.49. The second-order valence-corrected chi connectivity index (χ2v) is 13.7. The Kier molecular flexibility index (Phi) is 13.6. The van der Waals surface area contributed by atoms with Gasteiger partial charge >= 0.3 is 25.9 Å². The summed E-state index contributed by atoms with van der Waals surface area (Å²) < 4.78 is 43.4. The van der Waals surface area contributed by atoms with Crippen LogP contribution in [0, 0.1) is 10.8 Å². The van der Waals surface area contributed by atoms with Gasteiger partial charge in [-0.05, 0) is 5.56 Å². The molecule has 14 nitrogen and oxygen atoms in total. The first-order valence-corrected chi connectivity index (χ1v) is 15.7. The number of carbonyl (C=O) groups excluding carboxylic acids is 5. The van der Waals surface area contributed by atoms with Crippen molar-refractivity contribution in [1.82, 2.24) is 10.6 Å². The van der Waals surface area contributed by atoms with E-state index in [-0.39, 0.29) is 37.0 Å². The molecule has 1 aliphatic rings. The van der Waals surface area contributed by atoms with E-state index in [2.05, 4.69) is 15.4 Å². The molecule has 0 aromatic heterocycles. The van der Waals surface area contributed by atoms with Crippen molar-refractivity contribution in [3.05, 3.63) is 35.9 Å². The number of ether oxygens (including phenoxy) is 3. The predicted molar refractivity (Wildman–Crippen MR) is 154 cm³/mol. The van der Waals surface area contributed by atoms with Gasteiger partial charge in [-0.15, -0.1) is 0 Å². The van der Waals surface area contributed by atoms with Gasteiger partial charge < -0.3 is 24.8 Å². The minimum Gasteiger partial charge on any atom is -0.469 e. The van der Waals surface area contributed by atoms with Crippen molar-refractivity contribution in [3.8, 4) is 0 Å². The molecule has 1 aromatic rings. The number of hydrogen-bond acceptors (Lipinski definition) is 13. The van der Waals surface area contributed by atoms with Crippen LogP contribution >= 0.6 is 19.6 Å². The molecule has 2 rings (SSSR count). The van der Waals surface area contributed by atoms with E-state index in [1.165, 1.54) is 7.11 Å². The topological polar surface area (TPSA) is 182 Å². The Morgan fingerprint density at radius 3 is 2.42 bits per heavy atom. The Morgan fingerprint density at radius 2 is 1.79 bits per heavy atom. The summed E-state index contributed by atoms with van der Waals surface area (Å²) in [6.45, 7) is 7.25. The van der Waals surface area contributed by atoms with E-state index in [1.807, 2.05) is 6.07 Å². The van der Waals surface area contributed by atoms with Crippen LogP contribution in [0.2, 0.25) is 0 Å². The number of hydrogen-bond donors (Lipinski definition) is 2. The summed E-state index contributed by atoms with van der Waals surface area (Å²) in [5, 5.41) is 4.63. The van der Waals surface area contributed by atoms with Crippen molar-refractivity contribution in [3.63, 3.8) is 0 Å². The van der Waals surface area contributed by atoms with Crippen LogP contribution in [0.1, 0.15) is 46.6 Å². The van der Waals surface area contributed by atoms with Gasteiger partial charge in [-0.25, -0.2) is 18.7 Å². The third kappa shape index (κ3) is 12.3. The average molecular weight is 647 g/mol. The molecular formula is C27H39N2O12PS. The van der Waals surface area contributed by atoms with Gasteiger partial charge in [-0.2, -0.15) is 0 Å². The molecule has 1 unspecified atom stereocenters. The maximum atomic E-state index is 13.0. The van der Waals surface area contributed by atoms with Crippen LogP contribution in [-0.2, 0) is 58.1 Å². The number of carbonyl (C=O) groups is 5. The van der Waals surface area contributed by atoms with Gasteiger partial charge in [0.2, 0.25) is 12.7 Å². The summed E-state index contributed by atoms with van der Waals surface area (Å²) in [6.07, 6.45) is -2.49. The number of methoxy groups -OCH3 is 1. The van der Waals surface area contributed by atoms with Crippen LogP contribution in [0.25, 0.3) is 0 Å². The van der Waals surface area contributed by atoms with E-state index < -0.39 is 61.5 Å². The Hall–Kier alpha value is -2.97. The largest absolute Gasteiger partial charge is 0.478 e. The van der Waals surface area contributed by atoms with Gasteiger partial charge in [0.15, 0.2) is 11.2 Å². The second-order valence-electron chi connectivity index (χ2n) is 11.1. The van der Waals surface area contributed by atoms with Crippen molar-refractivity contribution in [2.75, 3.05) is 32.8 Å². The van der Waals surface area contributed by atoms with Crippen molar-refractivity contribution in [2.45, 2.75) is 59.8 Å². The van der Waals surface area contributed by atoms with Crippen LogP contribution in [0.4, 0.5) is 4.79 Å². The number of benzene rings is 1. The fraction of sp³-hybridized carbons (Fsp3) is 0.593. The van der Waals surface area contributed by atoms with Crippen molar-refractivity contribution in [1.29, 1.82) is 0 Å². The summed E-state index contributed by atoms with van der Waals surface area (Å²) in [5.41, 5.74) is -0.880. The van der Waals surface area contributed by atoms with Crippen LogP contribution in [0.15, 0.2) is 30.3 Å². The number of esters is 2. The molecule has 43 heavy (non-hydrogen) atoms. The molecule has 240 valence electrons. The van der Waals surface area contributed by atoms with E-state index in [1.54, 1.807) is 58.9 Å². The quantitative estimate of drug-likeness (QED) is 0.138. The number of phosphoric acid groups is 1. The molecule has 1 aliphatic heterocycles. The lowest BCUT2D eigenvalue weighted by molar-refractivity contribution is -0.146. The molecule has 1 saturated heterocycles. The molecule has 0 spiro atoms. The molecule has 0 bridgehead atoms. The lowest BCUT2D eigenvalue weighted by Crippen LogP contribution is -2.50. The number of rotatable bonds is 13. The summed E-state index contributed by atoms with van der Waals surface area (Å²) in [4.78, 5) is 61.7. The molecule has 1 fully saturated rings. The molecule has 0 saturated carbocycles. The molecule has 1 aromatic carbocycles. The zero-order valence-electron chi connectivity index (χ0n) is 25.0. The Balaban J connectivity index is 1.95. The summed E-state index contributed by atoms with van der Waals surface area (Å²) in [7, 11) is -3.14. The summed E-state index contributed by atoms with van der Waals surface area (Å²) in [5.74, 6) is -2.11. The number of amides is 2. The molecule has 1 heterocycles. The first-order chi connectivity index (χ1) is 20.1. The van der Waals surface area contributed by atoms with Crippen molar-refractivity contribution >= 4 is 48.6 Å². The van der Waals surface area contributed by atoms with Gasteiger partial charge in [0.25, 0.3) is 0 Å². The van der Waals surface area contributed by atoms with E-state index in [0.717, 1.165) is 17.3 Å². The lowest BCUT2D eigenvalue weighted by Gasteiger charge is -2.39. The third-order valence-electron chi connectivity index (χ3n) is 5.83. The van der Waals surface area contributed by atoms with Gasteiger partial charge in [-0.3, -0.25) is 23.4 Å². The normalized spacial score (nSPS) is 20.3. The van der Waals surface area contributed by atoms with Gasteiger partial charge in [-0.1, -0.05) is 76.7 Å². The van der Waals surface area contributed by atoms with E-state index in [0.29, 0.717) is 0 Å². The van der Waals surface area contributed by atoms with Crippen LogP contribution in [-0.4, -0.2) is 74.0 Å². The van der Waals surface area contributed by atoms with E-state index >= 15 is 0 Å². The molecule has 16 heteroatoms. The Bertz CT molecular complexity index is 1190. The second kappa shape index (κ2) is 16.2. The Morgan fingerprint density at radius 1 is 1.12 bits per heavy atom. The fourth-order valence-electron chi connectivity index (χ4n) is 3.28. The fourth-order valence-corrected chi connectivity index (χ4v) is 5.76.